The van der Waals surface area contributed by atoms with Crippen LogP contribution >= 0.6 is 11.3 Å². The zero-order chi connectivity index (χ0) is 21.0. The lowest BCUT2D eigenvalue weighted by molar-refractivity contribution is -0.171. The fourth-order valence-electron chi connectivity index (χ4n) is 3.61. The maximum absolute atomic E-state index is 13.5. The largest absolute Gasteiger partial charge is 0.471 e. The summed E-state index contributed by atoms with van der Waals surface area (Å²) in [6.07, 6.45) is -0.496. The molecule has 8 heteroatoms. The Morgan fingerprint density at radius 3 is 2.28 bits per heavy atom. The first-order chi connectivity index (χ1) is 13.8. The van der Waals surface area contributed by atoms with Crippen molar-refractivity contribution in [2.75, 3.05) is 4.90 Å². The molecule has 2 amide bonds. The number of anilines is 1. The third kappa shape index (κ3) is 5.18. The molecule has 2 aromatic rings. The van der Waals surface area contributed by atoms with E-state index in [1.54, 1.807) is 30.3 Å². The summed E-state index contributed by atoms with van der Waals surface area (Å²) in [5.41, 5.74) is 0.0321. The zero-order valence-corrected chi connectivity index (χ0v) is 16.9. The summed E-state index contributed by atoms with van der Waals surface area (Å²) >= 11 is 1.22. The van der Waals surface area contributed by atoms with E-state index >= 15 is 0 Å². The fraction of sp³-hybridized carbons (Fsp3) is 0.429. The number of carbonyl (C=O) groups is 2. The van der Waals surface area contributed by atoms with Crippen molar-refractivity contribution in [3.05, 3.63) is 52.2 Å². The fourth-order valence-corrected chi connectivity index (χ4v) is 4.58. The predicted octanol–water partition coefficient (Wildman–Crippen LogP) is 5.14. The molecule has 0 spiro atoms. The van der Waals surface area contributed by atoms with Gasteiger partial charge in [-0.15, -0.1) is 11.3 Å². The minimum Gasteiger partial charge on any atom is -0.351 e. The van der Waals surface area contributed by atoms with Gasteiger partial charge in [0, 0.05) is 21.5 Å². The Bertz CT molecular complexity index is 845. The number of thiophene rings is 1. The van der Waals surface area contributed by atoms with Crippen molar-refractivity contribution < 1.29 is 22.8 Å². The van der Waals surface area contributed by atoms with E-state index in [9.17, 15) is 22.8 Å². The number of aryl methyl sites for hydroxylation is 1. The Labute approximate surface area is 171 Å². The molecule has 0 bridgehead atoms. The molecule has 4 nitrogen and oxygen atoms in total. The number of nitrogens with one attached hydrogen (secondary N) is 1. The predicted molar refractivity (Wildman–Crippen MR) is 107 cm³/mol. The van der Waals surface area contributed by atoms with Gasteiger partial charge in [-0.25, -0.2) is 0 Å². The zero-order valence-electron chi connectivity index (χ0n) is 16.0. The molecule has 1 saturated carbocycles. The van der Waals surface area contributed by atoms with Gasteiger partial charge in [0.2, 0.25) is 5.91 Å². The molecule has 0 saturated heterocycles. The molecule has 0 unspecified atom stereocenters. The number of benzene rings is 1. The molecule has 29 heavy (non-hydrogen) atoms. The van der Waals surface area contributed by atoms with Gasteiger partial charge < -0.3 is 5.32 Å². The van der Waals surface area contributed by atoms with Crippen LogP contribution < -0.4 is 10.2 Å². The van der Waals surface area contributed by atoms with E-state index in [4.69, 9.17) is 0 Å². The maximum atomic E-state index is 13.5. The third-order valence-corrected chi connectivity index (χ3v) is 6.04. The van der Waals surface area contributed by atoms with Crippen molar-refractivity contribution in [2.24, 2.45) is 0 Å². The Kier molecular flexibility index (Phi) is 6.62. The Morgan fingerprint density at radius 1 is 1.07 bits per heavy atom. The van der Waals surface area contributed by atoms with Crippen LogP contribution in [-0.2, 0) is 9.59 Å². The molecular formula is C21H23F3N2O2S. The van der Waals surface area contributed by atoms with Crippen LogP contribution in [-0.4, -0.2) is 24.0 Å². The lowest BCUT2D eigenvalue weighted by Gasteiger charge is -2.33. The van der Waals surface area contributed by atoms with Gasteiger partial charge in [-0.05, 0) is 44.0 Å². The second-order valence-corrected chi connectivity index (χ2v) is 8.52. The highest BCUT2D eigenvalue weighted by Crippen LogP contribution is 2.35. The number of carbonyl (C=O) groups excluding carboxylic acids is 2. The van der Waals surface area contributed by atoms with Crippen molar-refractivity contribution in [3.8, 4) is 0 Å². The summed E-state index contributed by atoms with van der Waals surface area (Å²) in [6, 6.07) is 9.43. The van der Waals surface area contributed by atoms with Gasteiger partial charge in [0.25, 0.3) is 0 Å². The van der Waals surface area contributed by atoms with Gasteiger partial charge in [-0.3, -0.25) is 14.5 Å². The molecule has 1 aliphatic rings. The van der Waals surface area contributed by atoms with E-state index in [1.165, 1.54) is 23.5 Å². The highest BCUT2D eigenvalue weighted by atomic mass is 32.1. The first-order valence-electron chi connectivity index (χ1n) is 9.59. The van der Waals surface area contributed by atoms with Gasteiger partial charge in [0.1, 0.15) is 0 Å². The highest BCUT2D eigenvalue weighted by molar-refractivity contribution is 7.12. The Hall–Kier alpha value is -2.35. The van der Waals surface area contributed by atoms with E-state index in [-0.39, 0.29) is 11.7 Å². The van der Waals surface area contributed by atoms with Crippen LogP contribution in [0.25, 0.3) is 0 Å². The first-order valence-corrected chi connectivity index (χ1v) is 10.4. The third-order valence-electron chi connectivity index (χ3n) is 4.98. The van der Waals surface area contributed by atoms with Crippen molar-refractivity contribution in [1.82, 2.24) is 5.32 Å². The van der Waals surface area contributed by atoms with Gasteiger partial charge in [-0.2, -0.15) is 13.2 Å². The molecule has 0 aliphatic heterocycles. The quantitative estimate of drug-likeness (QED) is 0.722. The second-order valence-electron chi connectivity index (χ2n) is 7.20. The topological polar surface area (TPSA) is 49.4 Å². The number of alkyl halides is 3. The number of rotatable bonds is 5. The SMILES string of the molecule is Cc1ccc([C@@H](C(=O)NC2CCCCC2)N(C(=O)C(F)(F)F)c2ccccc2)s1. The van der Waals surface area contributed by atoms with Crippen molar-refractivity contribution in [1.29, 1.82) is 0 Å². The van der Waals surface area contributed by atoms with E-state index in [0.29, 0.717) is 9.78 Å². The van der Waals surface area contributed by atoms with Crippen LogP contribution in [0.3, 0.4) is 0 Å². The average Bonchev–Trinajstić information content (AvgIpc) is 3.11. The van der Waals surface area contributed by atoms with Crippen LogP contribution in [0.5, 0.6) is 0 Å². The lowest BCUT2D eigenvalue weighted by Crippen LogP contribution is -2.50. The molecule has 1 atom stereocenters. The van der Waals surface area contributed by atoms with Crippen LogP contribution in [0.15, 0.2) is 42.5 Å². The molecule has 1 heterocycles. The monoisotopic (exact) mass is 424 g/mol. The molecule has 0 radical (unpaired) electrons. The Morgan fingerprint density at radius 2 is 1.72 bits per heavy atom. The van der Waals surface area contributed by atoms with E-state index in [2.05, 4.69) is 5.32 Å². The summed E-state index contributed by atoms with van der Waals surface area (Å²) in [5, 5.41) is 2.89. The number of hydrogen-bond acceptors (Lipinski definition) is 3. The molecule has 1 N–H and O–H groups in total. The maximum Gasteiger partial charge on any atom is 0.471 e. The molecule has 1 aromatic carbocycles. The minimum atomic E-state index is -5.11. The average molecular weight is 424 g/mol. The van der Waals surface area contributed by atoms with Gasteiger partial charge >= 0.3 is 12.1 Å². The van der Waals surface area contributed by atoms with Crippen molar-refractivity contribution >= 4 is 28.8 Å². The van der Waals surface area contributed by atoms with Gasteiger partial charge in [-0.1, -0.05) is 37.5 Å². The lowest BCUT2D eigenvalue weighted by atomic mass is 9.95. The molecule has 3 rings (SSSR count). The molecule has 156 valence electrons. The van der Waals surface area contributed by atoms with Crippen LogP contribution in [0.4, 0.5) is 18.9 Å². The number of hydrogen-bond donors (Lipinski definition) is 1. The number of nitrogens with zero attached hydrogens (tertiary/aromatic N) is 1. The summed E-state index contributed by atoms with van der Waals surface area (Å²) in [5.74, 6) is -2.64. The molecule has 1 fully saturated rings. The number of halogens is 3. The van der Waals surface area contributed by atoms with Crippen molar-refractivity contribution in [3.63, 3.8) is 0 Å². The molecule has 1 aromatic heterocycles. The molecular weight excluding hydrogens is 401 g/mol. The normalized spacial score (nSPS) is 16.3. The summed E-state index contributed by atoms with van der Waals surface area (Å²) in [7, 11) is 0. The first kappa shape index (κ1) is 21.4. The van der Waals surface area contributed by atoms with Crippen LogP contribution in [0.1, 0.15) is 47.9 Å². The summed E-state index contributed by atoms with van der Waals surface area (Å²) < 4.78 is 40.4. The highest BCUT2D eigenvalue weighted by Gasteiger charge is 2.47. The van der Waals surface area contributed by atoms with E-state index in [0.717, 1.165) is 37.0 Å². The standard InChI is InChI=1S/C21H23F3N2O2S/c1-14-12-13-17(29-14)18(19(27)25-15-8-4-2-5-9-15)26(20(28)21(22,23)24)16-10-6-3-7-11-16/h3,6-7,10-13,15,18H,2,4-5,8-9H2,1H3,(H,25,27)/t18-/m0/s1. The van der Waals surface area contributed by atoms with Crippen LogP contribution in [0, 0.1) is 6.92 Å². The number of amides is 2. The summed E-state index contributed by atoms with van der Waals surface area (Å²) in [4.78, 5) is 27.4. The molecule has 1 aliphatic carbocycles. The van der Waals surface area contributed by atoms with Crippen molar-refractivity contribution in [2.45, 2.75) is 57.3 Å². The second kappa shape index (κ2) is 8.98. The van der Waals surface area contributed by atoms with Gasteiger partial charge in [0.15, 0.2) is 6.04 Å². The smallest absolute Gasteiger partial charge is 0.351 e. The van der Waals surface area contributed by atoms with E-state index < -0.39 is 24.0 Å². The van der Waals surface area contributed by atoms with E-state index in [1.807, 2.05) is 6.92 Å². The summed E-state index contributed by atoms with van der Waals surface area (Å²) in [6.45, 7) is 1.81. The minimum absolute atomic E-state index is 0.0321. The number of para-hydroxylation sites is 1. The van der Waals surface area contributed by atoms with Gasteiger partial charge in [0.05, 0.1) is 0 Å². The Balaban J connectivity index is 2.02. The van der Waals surface area contributed by atoms with Crippen LogP contribution in [0.2, 0.25) is 0 Å².